The predicted octanol–water partition coefficient (Wildman–Crippen LogP) is 2.89. The molecule has 1 aromatic carbocycles. The number of esters is 2. The van der Waals surface area contributed by atoms with Gasteiger partial charge in [0.15, 0.2) is 0 Å². The minimum absolute atomic E-state index is 0.382. The minimum Gasteiger partial charge on any atom is -0.460 e. The fraction of sp³-hybridized carbons (Fsp3) is 0.467. The van der Waals surface area contributed by atoms with Crippen molar-refractivity contribution in [3.63, 3.8) is 0 Å². The maximum absolute atomic E-state index is 11.5. The maximum atomic E-state index is 11.5. The molecule has 0 aromatic heterocycles. The van der Waals surface area contributed by atoms with E-state index in [0.29, 0.717) is 5.75 Å². The van der Waals surface area contributed by atoms with Crippen molar-refractivity contribution in [1.29, 1.82) is 0 Å². The maximum Gasteiger partial charge on any atom is 0.322 e. The predicted molar refractivity (Wildman–Crippen MR) is 71.9 cm³/mol. The highest BCUT2D eigenvalue weighted by molar-refractivity contribution is 5.92. The van der Waals surface area contributed by atoms with E-state index in [9.17, 15) is 9.59 Å². The van der Waals surface area contributed by atoms with Crippen LogP contribution in [0.5, 0.6) is 5.75 Å². The molecular formula is C15H20O4. The summed E-state index contributed by atoms with van der Waals surface area (Å²) in [4.78, 5) is 23.0. The van der Waals surface area contributed by atoms with Gasteiger partial charge in [-0.25, -0.2) is 0 Å². The molecule has 4 heteroatoms. The number of hydrogen-bond donors (Lipinski definition) is 0. The van der Waals surface area contributed by atoms with Crippen molar-refractivity contribution in [1.82, 2.24) is 0 Å². The number of rotatable bonds is 4. The SMILES string of the molecule is CCc1ccc(OC(=O)CC(=O)OC(C)(C)C)cc1. The molecule has 0 radical (unpaired) electrons. The first-order valence-electron chi connectivity index (χ1n) is 6.31. The number of benzene rings is 1. The first-order chi connectivity index (χ1) is 8.80. The van der Waals surface area contributed by atoms with Gasteiger partial charge in [-0.2, -0.15) is 0 Å². The molecule has 0 bridgehead atoms. The van der Waals surface area contributed by atoms with Crippen molar-refractivity contribution >= 4 is 11.9 Å². The monoisotopic (exact) mass is 264 g/mol. The molecule has 0 heterocycles. The van der Waals surface area contributed by atoms with Gasteiger partial charge in [-0.15, -0.1) is 0 Å². The van der Waals surface area contributed by atoms with Gasteiger partial charge in [0.25, 0.3) is 0 Å². The van der Waals surface area contributed by atoms with Crippen molar-refractivity contribution < 1.29 is 19.1 Å². The summed E-state index contributed by atoms with van der Waals surface area (Å²) in [7, 11) is 0. The molecule has 0 atom stereocenters. The van der Waals surface area contributed by atoms with Crippen molar-refractivity contribution in [2.24, 2.45) is 0 Å². The summed E-state index contributed by atoms with van der Waals surface area (Å²) in [5.74, 6) is -0.757. The van der Waals surface area contributed by atoms with Crippen molar-refractivity contribution in [3.05, 3.63) is 29.8 Å². The van der Waals surface area contributed by atoms with Gasteiger partial charge in [-0.1, -0.05) is 19.1 Å². The van der Waals surface area contributed by atoms with Gasteiger partial charge in [0.05, 0.1) is 0 Å². The Balaban J connectivity index is 2.48. The summed E-state index contributed by atoms with van der Waals surface area (Å²) in [5.41, 5.74) is 0.562. The van der Waals surface area contributed by atoms with Crippen LogP contribution in [-0.4, -0.2) is 17.5 Å². The zero-order valence-electron chi connectivity index (χ0n) is 11.9. The number of aryl methyl sites for hydroxylation is 1. The molecule has 0 aliphatic carbocycles. The van der Waals surface area contributed by atoms with Gasteiger partial charge in [-0.05, 0) is 44.9 Å². The first kappa shape index (κ1) is 15.2. The molecule has 0 amide bonds. The van der Waals surface area contributed by atoms with Gasteiger partial charge in [0.1, 0.15) is 17.8 Å². The second-order valence-electron chi connectivity index (χ2n) is 5.23. The van der Waals surface area contributed by atoms with E-state index in [0.717, 1.165) is 12.0 Å². The van der Waals surface area contributed by atoms with Crippen LogP contribution in [0.25, 0.3) is 0 Å². The lowest BCUT2D eigenvalue weighted by molar-refractivity contribution is -0.158. The molecule has 0 saturated carbocycles. The second-order valence-corrected chi connectivity index (χ2v) is 5.23. The van der Waals surface area contributed by atoms with Crippen molar-refractivity contribution in [3.8, 4) is 5.75 Å². The summed E-state index contributed by atoms with van der Waals surface area (Å²) in [6.45, 7) is 7.29. The smallest absolute Gasteiger partial charge is 0.322 e. The molecule has 0 N–H and O–H groups in total. The average molecular weight is 264 g/mol. The van der Waals surface area contributed by atoms with Crippen LogP contribution in [0.15, 0.2) is 24.3 Å². The minimum atomic E-state index is -0.613. The summed E-state index contributed by atoms with van der Waals surface area (Å²) in [6.07, 6.45) is 0.541. The van der Waals surface area contributed by atoms with E-state index in [4.69, 9.17) is 9.47 Å². The quantitative estimate of drug-likeness (QED) is 0.476. The van der Waals surface area contributed by atoms with Crippen LogP contribution in [0.2, 0.25) is 0 Å². The molecule has 0 aliphatic rings. The summed E-state index contributed by atoms with van der Waals surface area (Å²) < 4.78 is 10.1. The Bertz CT molecular complexity index is 440. The molecule has 4 nitrogen and oxygen atoms in total. The molecule has 1 rings (SSSR count). The lowest BCUT2D eigenvalue weighted by Gasteiger charge is -2.19. The lowest BCUT2D eigenvalue weighted by Crippen LogP contribution is -2.26. The Morgan fingerprint density at radius 3 is 2.11 bits per heavy atom. The topological polar surface area (TPSA) is 52.6 Å². The Labute approximate surface area is 113 Å². The summed E-state index contributed by atoms with van der Waals surface area (Å²) in [5, 5.41) is 0. The van der Waals surface area contributed by atoms with Gasteiger partial charge in [0.2, 0.25) is 0 Å². The van der Waals surface area contributed by atoms with E-state index in [2.05, 4.69) is 0 Å². The molecule has 1 aromatic rings. The Morgan fingerprint density at radius 1 is 1.05 bits per heavy atom. The van der Waals surface area contributed by atoms with Crippen molar-refractivity contribution in [2.45, 2.75) is 46.1 Å². The third kappa shape index (κ3) is 6.04. The van der Waals surface area contributed by atoms with Crippen LogP contribution in [0.4, 0.5) is 0 Å². The van der Waals surface area contributed by atoms with Crippen LogP contribution in [0.1, 0.15) is 39.7 Å². The molecule has 0 saturated heterocycles. The lowest BCUT2D eigenvalue weighted by atomic mass is 10.2. The Hall–Kier alpha value is -1.84. The Morgan fingerprint density at radius 2 is 1.63 bits per heavy atom. The molecule has 0 unspecified atom stereocenters. The largest absolute Gasteiger partial charge is 0.460 e. The number of ether oxygens (including phenoxy) is 2. The van der Waals surface area contributed by atoms with Crippen LogP contribution in [-0.2, 0) is 20.7 Å². The molecule has 0 spiro atoms. The fourth-order valence-electron chi connectivity index (χ4n) is 1.46. The highest BCUT2D eigenvalue weighted by atomic mass is 16.6. The molecule has 19 heavy (non-hydrogen) atoms. The molecule has 104 valence electrons. The van der Waals surface area contributed by atoms with E-state index in [1.54, 1.807) is 32.9 Å². The van der Waals surface area contributed by atoms with Gasteiger partial charge in [-0.3, -0.25) is 9.59 Å². The number of carbonyl (C=O) groups excluding carboxylic acids is 2. The van der Waals surface area contributed by atoms with Crippen LogP contribution < -0.4 is 4.74 Å². The normalized spacial score (nSPS) is 10.9. The average Bonchev–Trinajstić information content (AvgIpc) is 2.27. The second kappa shape index (κ2) is 6.36. The number of hydrogen-bond acceptors (Lipinski definition) is 4. The highest BCUT2D eigenvalue weighted by Gasteiger charge is 2.19. The van der Waals surface area contributed by atoms with E-state index >= 15 is 0 Å². The van der Waals surface area contributed by atoms with E-state index in [-0.39, 0.29) is 6.42 Å². The standard InChI is InChI=1S/C15H20O4/c1-5-11-6-8-12(9-7-11)18-13(16)10-14(17)19-15(2,3)4/h6-9H,5,10H2,1-4H3. The van der Waals surface area contributed by atoms with E-state index < -0.39 is 17.5 Å². The van der Waals surface area contributed by atoms with Gasteiger partial charge < -0.3 is 9.47 Å². The fourth-order valence-corrected chi connectivity index (χ4v) is 1.46. The third-order valence-corrected chi connectivity index (χ3v) is 2.27. The first-order valence-corrected chi connectivity index (χ1v) is 6.31. The van der Waals surface area contributed by atoms with Crippen LogP contribution >= 0.6 is 0 Å². The zero-order chi connectivity index (χ0) is 14.5. The third-order valence-electron chi connectivity index (χ3n) is 2.27. The molecule has 0 aliphatic heterocycles. The van der Waals surface area contributed by atoms with Gasteiger partial charge >= 0.3 is 11.9 Å². The number of carbonyl (C=O) groups is 2. The molecular weight excluding hydrogens is 244 g/mol. The Kier molecular flexibility index (Phi) is 5.10. The van der Waals surface area contributed by atoms with E-state index in [1.165, 1.54) is 0 Å². The zero-order valence-corrected chi connectivity index (χ0v) is 11.9. The van der Waals surface area contributed by atoms with Crippen molar-refractivity contribution in [2.75, 3.05) is 0 Å². The highest BCUT2D eigenvalue weighted by Crippen LogP contribution is 2.14. The van der Waals surface area contributed by atoms with Gasteiger partial charge in [0, 0.05) is 0 Å². The molecule has 0 fully saturated rings. The van der Waals surface area contributed by atoms with E-state index in [1.807, 2.05) is 19.1 Å². The van der Waals surface area contributed by atoms with Crippen LogP contribution in [0, 0.1) is 0 Å². The summed E-state index contributed by atoms with van der Waals surface area (Å²) >= 11 is 0. The van der Waals surface area contributed by atoms with Crippen LogP contribution in [0.3, 0.4) is 0 Å². The summed E-state index contributed by atoms with van der Waals surface area (Å²) in [6, 6.07) is 7.20.